The third-order valence-corrected chi connectivity index (χ3v) is 3.04. The number of carbonyl (C=O) groups excluding carboxylic acids is 1. The number of rotatable bonds is 4. The fraction of sp³-hybridized carbons (Fsp3) is 0.154. The zero-order valence-electron chi connectivity index (χ0n) is 10.4. The number of nitrogens with zero attached hydrogens (tertiary/aromatic N) is 2. The summed E-state index contributed by atoms with van der Waals surface area (Å²) < 4.78 is 0. The van der Waals surface area contributed by atoms with Crippen LogP contribution < -0.4 is 11.1 Å². The van der Waals surface area contributed by atoms with Crippen molar-refractivity contribution in [2.75, 3.05) is 11.9 Å². The Balaban J connectivity index is 2.18. The van der Waals surface area contributed by atoms with E-state index in [0.29, 0.717) is 0 Å². The van der Waals surface area contributed by atoms with Gasteiger partial charge in [0, 0.05) is 12.6 Å². The van der Waals surface area contributed by atoms with Crippen LogP contribution in [0.15, 0.2) is 36.4 Å². The number of amides is 1. The average molecular weight is 311 g/mol. The quantitative estimate of drug-likeness (QED) is 0.671. The van der Waals surface area contributed by atoms with E-state index in [1.807, 2.05) is 30.3 Å². The molecular formula is C13H12Cl2N4O. The molecular weight excluding hydrogens is 299 g/mol. The Kier molecular flexibility index (Phi) is 4.89. The summed E-state index contributed by atoms with van der Waals surface area (Å²) in [6.07, 6.45) is 0. The van der Waals surface area contributed by atoms with Crippen LogP contribution >= 0.6 is 23.2 Å². The molecule has 0 saturated heterocycles. The standard InChI is InChI=1S/C13H12Cl2N4O/c14-10-6-11(19-13(15)17-10)18-12(20)9(7-16)8-4-2-1-3-5-8/h1-6,9H,7,16H2,(H,17,18,19,20). The first-order valence-electron chi connectivity index (χ1n) is 5.86. The Morgan fingerprint density at radius 1 is 1.25 bits per heavy atom. The van der Waals surface area contributed by atoms with Crippen LogP contribution in [0.25, 0.3) is 0 Å². The van der Waals surface area contributed by atoms with Gasteiger partial charge in [-0.05, 0) is 17.2 Å². The summed E-state index contributed by atoms with van der Waals surface area (Å²) in [5.41, 5.74) is 6.51. The smallest absolute Gasteiger partial charge is 0.234 e. The van der Waals surface area contributed by atoms with Crippen molar-refractivity contribution < 1.29 is 4.79 Å². The average Bonchev–Trinajstić information content (AvgIpc) is 2.39. The molecule has 104 valence electrons. The number of nitrogens with one attached hydrogen (secondary N) is 1. The summed E-state index contributed by atoms with van der Waals surface area (Å²) >= 11 is 11.4. The predicted molar refractivity (Wildman–Crippen MR) is 78.9 cm³/mol. The number of carbonyl (C=O) groups is 1. The molecule has 0 radical (unpaired) electrons. The Morgan fingerprint density at radius 2 is 1.95 bits per heavy atom. The maximum absolute atomic E-state index is 12.2. The van der Waals surface area contributed by atoms with Gasteiger partial charge in [-0.1, -0.05) is 41.9 Å². The van der Waals surface area contributed by atoms with Crippen molar-refractivity contribution in [1.82, 2.24) is 9.97 Å². The predicted octanol–water partition coefficient (Wildman–Crippen LogP) is 2.46. The first-order chi connectivity index (χ1) is 9.60. The highest BCUT2D eigenvalue weighted by molar-refractivity contribution is 6.32. The van der Waals surface area contributed by atoms with Crippen LogP contribution in [-0.2, 0) is 4.79 Å². The summed E-state index contributed by atoms with van der Waals surface area (Å²) in [6.45, 7) is 0.183. The Morgan fingerprint density at radius 3 is 2.55 bits per heavy atom. The highest BCUT2D eigenvalue weighted by atomic mass is 35.5. The van der Waals surface area contributed by atoms with Crippen molar-refractivity contribution in [2.24, 2.45) is 5.73 Å². The van der Waals surface area contributed by atoms with E-state index in [0.717, 1.165) is 5.56 Å². The summed E-state index contributed by atoms with van der Waals surface area (Å²) in [6, 6.07) is 10.7. The molecule has 0 aliphatic carbocycles. The molecule has 2 rings (SSSR count). The number of anilines is 1. The molecule has 20 heavy (non-hydrogen) atoms. The first-order valence-corrected chi connectivity index (χ1v) is 6.61. The topological polar surface area (TPSA) is 80.9 Å². The van der Waals surface area contributed by atoms with Crippen molar-refractivity contribution in [1.29, 1.82) is 0 Å². The molecule has 0 fully saturated rings. The monoisotopic (exact) mass is 310 g/mol. The van der Waals surface area contributed by atoms with Gasteiger partial charge in [-0.3, -0.25) is 4.79 Å². The second kappa shape index (κ2) is 6.65. The minimum atomic E-state index is -0.469. The molecule has 2 aromatic rings. The van der Waals surface area contributed by atoms with E-state index in [4.69, 9.17) is 28.9 Å². The van der Waals surface area contributed by atoms with Crippen molar-refractivity contribution >= 4 is 34.9 Å². The van der Waals surface area contributed by atoms with E-state index < -0.39 is 5.92 Å². The lowest BCUT2D eigenvalue weighted by Crippen LogP contribution is -2.27. The number of hydrogen-bond acceptors (Lipinski definition) is 4. The van der Waals surface area contributed by atoms with Crippen molar-refractivity contribution in [3.8, 4) is 0 Å². The van der Waals surface area contributed by atoms with Gasteiger partial charge < -0.3 is 11.1 Å². The van der Waals surface area contributed by atoms with Crippen LogP contribution in [0.1, 0.15) is 11.5 Å². The number of aromatic nitrogens is 2. The summed E-state index contributed by atoms with van der Waals surface area (Å²) in [5.74, 6) is -0.498. The van der Waals surface area contributed by atoms with Crippen LogP contribution in [0.4, 0.5) is 5.82 Å². The van der Waals surface area contributed by atoms with Gasteiger partial charge in [0.1, 0.15) is 11.0 Å². The highest BCUT2D eigenvalue weighted by Crippen LogP contribution is 2.19. The van der Waals surface area contributed by atoms with E-state index >= 15 is 0 Å². The van der Waals surface area contributed by atoms with Gasteiger partial charge in [-0.2, -0.15) is 0 Å². The van der Waals surface area contributed by atoms with Gasteiger partial charge in [0.2, 0.25) is 11.2 Å². The summed E-state index contributed by atoms with van der Waals surface area (Å²) in [5, 5.41) is 2.76. The zero-order valence-corrected chi connectivity index (χ0v) is 11.9. The lowest BCUT2D eigenvalue weighted by atomic mass is 9.98. The molecule has 1 heterocycles. The molecule has 1 aromatic heterocycles. The molecule has 0 saturated carbocycles. The molecule has 5 nitrogen and oxygen atoms in total. The molecule has 1 atom stereocenters. The molecule has 1 aromatic carbocycles. The SMILES string of the molecule is NCC(C(=O)Nc1cc(Cl)nc(Cl)n1)c1ccccc1. The largest absolute Gasteiger partial charge is 0.329 e. The number of halogens is 2. The zero-order chi connectivity index (χ0) is 14.5. The number of hydrogen-bond donors (Lipinski definition) is 2. The molecule has 7 heteroatoms. The minimum Gasteiger partial charge on any atom is -0.329 e. The van der Waals surface area contributed by atoms with Gasteiger partial charge in [0.05, 0.1) is 5.92 Å². The van der Waals surface area contributed by atoms with Crippen molar-refractivity contribution in [2.45, 2.75) is 5.92 Å². The third kappa shape index (κ3) is 3.66. The van der Waals surface area contributed by atoms with Crippen LogP contribution in [0.3, 0.4) is 0 Å². The van der Waals surface area contributed by atoms with E-state index in [1.165, 1.54) is 6.07 Å². The summed E-state index contributed by atoms with van der Waals surface area (Å²) in [7, 11) is 0. The van der Waals surface area contributed by atoms with Gasteiger partial charge in [-0.25, -0.2) is 9.97 Å². The third-order valence-electron chi connectivity index (χ3n) is 2.67. The normalized spacial score (nSPS) is 11.9. The van der Waals surface area contributed by atoms with Crippen LogP contribution in [0.2, 0.25) is 10.4 Å². The van der Waals surface area contributed by atoms with Crippen LogP contribution in [0.5, 0.6) is 0 Å². The van der Waals surface area contributed by atoms with Gasteiger partial charge in [0.15, 0.2) is 0 Å². The summed E-state index contributed by atoms with van der Waals surface area (Å²) in [4.78, 5) is 19.8. The molecule has 0 aliphatic rings. The lowest BCUT2D eigenvalue weighted by Gasteiger charge is -2.14. The fourth-order valence-corrected chi connectivity index (χ4v) is 2.16. The lowest BCUT2D eigenvalue weighted by molar-refractivity contribution is -0.117. The van der Waals surface area contributed by atoms with Crippen molar-refractivity contribution in [3.05, 3.63) is 52.4 Å². The van der Waals surface area contributed by atoms with Crippen molar-refractivity contribution in [3.63, 3.8) is 0 Å². The molecule has 3 N–H and O–H groups in total. The first kappa shape index (κ1) is 14.7. The number of nitrogens with two attached hydrogens (primary N) is 1. The Bertz CT molecular complexity index is 586. The molecule has 1 unspecified atom stereocenters. The molecule has 0 bridgehead atoms. The minimum absolute atomic E-state index is 0.0307. The van der Waals surface area contributed by atoms with Crippen LogP contribution in [-0.4, -0.2) is 22.4 Å². The van der Waals surface area contributed by atoms with E-state index in [2.05, 4.69) is 15.3 Å². The maximum Gasteiger partial charge on any atom is 0.234 e. The van der Waals surface area contributed by atoms with Crippen LogP contribution in [0, 0.1) is 0 Å². The fourth-order valence-electron chi connectivity index (χ4n) is 1.75. The van der Waals surface area contributed by atoms with E-state index in [1.54, 1.807) is 0 Å². The molecule has 1 amide bonds. The highest BCUT2D eigenvalue weighted by Gasteiger charge is 2.19. The van der Waals surface area contributed by atoms with E-state index in [-0.39, 0.29) is 28.7 Å². The van der Waals surface area contributed by atoms with Gasteiger partial charge in [0.25, 0.3) is 0 Å². The van der Waals surface area contributed by atoms with Gasteiger partial charge >= 0.3 is 0 Å². The maximum atomic E-state index is 12.2. The van der Waals surface area contributed by atoms with Gasteiger partial charge in [-0.15, -0.1) is 0 Å². The Labute approximate surface area is 126 Å². The van der Waals surface area contributed by atoms with E-state index in [9.17, 15) is 4.79 Å². The number of benzene rings is 1. The molecule has 0 aliphatic heterocycles. The Hall–Kier alpha value is -1.69. The molecule has 0 spiro atoms. The second-order valence-electron chi connectivity index (χ2n) is 4.03. The second-order valence-corrected chi connectivity index (χ2v) is 4.76.